The zero-order valence-corrected chi connectivity index (χ0v) is 16.9. The van der Waals surface area contributed by atoms with Crippen molar-refractivity contribution in [1.82, 2.24) is 35.2 Å². The number of ether oxygens (including phenoxy) is 1. The predicted molar refractivity (Wildman–Crippen MR) is 116 cm³/mol. The Morgan fingerprint density at radius 2 is 1.87 bits per heavy atom. The third-order valence-corrected chi connectivity index (χ3v) is 5.06. The first-order valence-corrected chi connectivity index (χ1v) is 9.75. The molecule has 0 atom stereocenters. The van der Waals surface area contributed by atoms with Crippen LogP contribution in [0, 0.1) is 0 Å². The van der Waals surface area contributed by atoms with E-state index >= 15 is 0 Å². The highest BCUT2D eigenvalue weighted by atomic mass is 16.5. The summed E-state index contributed by atoms with van der Waals surface area (Å²) in [6.07, 6.45) is 6.36. The van der Waals surface area contributed by atoms with Crippen LogP contribution in [-0.4, -0.2) is 42.3 Å². The number of hydrogen-bond donors (Lipinski definition) is 2. The molecule has 0 aliphatic carbocycles. The Morgan fingerprint density at radius 1 is 1.03 bits per heavy atom. The van der Waals surface area contributed by atoms with Crippen LogP contribution >= 0.6 is 0 Å². The summed E-state index contributed by atoms with van der Waals surface area (Å²) in [5.41, 5.74) is 12.6. The number of nitrogens with two attached hydrogens (primary N) is 1. The Kier molecular flexibility index (Phi) is 4.75. The fourth-order valence-corrected chi connectivity index (χ4v) is 3.53. The minimum Gasteiger partial charge on any atom is -0.481 e. The molecule has 154 valence electrons. The molecule has 4 heterocycles. The van der Waals surface area contributed by atoms with Crippen molar-refractivity contribution in [3.05, 3.63) is 77.7 Å². The lowest BCUT2D eigenvalue weighted by Gasteiger charge is -2.06. The molecule has 0 spiro atoms. The SMILES string of the molecule is COc1ccc(-c2ccc(Cn3cc(Cc4cc(N)nc5[nH]nnc45)cn3)cc2)cn1. The average Bonchev–Trinajstić information content (AvgIpc) is 3.44. The molecular weight excluding hydrogens is 392 g/mol. The largest absolute Gasteiger partial charge is 0.481 e. The summed E-state index contributed by atoms with van der Waals surface area (Å²) in [4.78, 5) is 8.47. The molecule has 0 unspecified atom stereocenters. The third kappa shape index (κ3) is 3.93. The number of nitrogen functional groups attached to an aromatic ring is 1. The van der Waals surface area contributed by atoms with Crippen molar-refractivity contribution in [2.45, 2.75) is 13.0 Å². The molecule has 31 heavy (non-hydrogen) atoms. The Labute approximate surface area is 177 Å². The van der Waals surface area contributed by atoms with Crippen molar-refractivity contribution in [2.24, 2.45) is 0 Å². The van der Waals surface area contributed by atoms with Gasteiger partial charge < -0.3 is 10.5 Å². The second-order valence-electron chi connectivity index (χ2n) is 7.22. The van der Waals surface area contributed by atoms with Crippen molar-refractivity contribution in [2.75, 3.05) is 12.8 Å². The predicted octanol–water partition coefficient (Wildman–Crippen LogP) is 2.84. The van der Waals surface area contributed by atoms with Crippen LogP contribution < -0.4 is 10.5 Å². The van der Waals surface area contributed by atoms with E-state index in [2.05, 4.69) is 54.7 Å². The van der Waals surface area contributed by atoms with Crippen molar-refractivity contribution in [1.29, 1.82) is 0 Å². The van der Waals surface area contributed by atoms with Gasteiger partial charge in [-0.3, -0.25) is 4.68 Å². The monoisotopic (exact) mass is 412 g/mol. The lowest BCUT2D eigenvalue weighted by Crippen LogP contribution is -2.00. The fraction of sp³-hybridized carbons (Fsp3) is 0.136. The van der Waals surface area contributed by atoms with Crippen LogP contribution in [0.4, 0.5) is 5.82 Å². The van der Waals surface area contributed by atoms with Crippen LogP contribution in [0.2, 0.25) is 0 Å². The molecule has 9 nitrogen and oxygen atoms in total. The van der Waals surface area contributed by atoms with E-state index in [0.29, 0.717) is 30.3 Å². The molecule has 4 aromatic heterocycles. The van der Waals surface area contributed by atoms with Gasteiger partial charge in [-0.1, -0.05) is 29.5 Å². The van der Waals surface area contributed by atoms with Crippen molar-refractivity contribution >= 4 is 17.0 Å². The average molecular weight is 412 g/mol. The molecule has 3 N–H and O–H groups in total. The molecule has 0 radical (unpaired) electrons. The van der Waals surface area contributed by atoms with Gasteiger partial charge in [0.2, 0.25) is 5.88 Å². The number of aromatic nitrogens is 7. The second kappa shape index (κ2) is 7.86. The molecule has 0 aliphatic heterocycles. The van der Waals surface area contributed by atoms with Gasteiger partial charge in [-0.05, 0) is 34.4 Å². The summed E-state index contributed by atoms with van der Waals surface area (Å²) < 4.78 is 7.03. The summed E-state index contributed by atoms with van der Waals surface area (Å²) >= 11 is 0. The van der Waals surface area contributed by atoms with Crippen LogP contribution in [0.1, 0.15) is 16.7 Å². The quantitative estimate of drug-likeness (QED) is 0.440. The first-order chi connectivity index (χ1) is 15.2. The number of H-pyrrole nitrogens is 1. The fourth-order valence-electron chi connectivity index (χ4n) is 3.53. The number of anilines is 1. The van der Waals surface area contributed by atoms with Crippen molar-refractivity contribution in [3.63, 3.8) is 0 Å². The van der Waals surface area contributed by atoms with E-state index in [-0.39, 0.29) is 0 Å². The number of hydrogen-bond acceptors (Lipinski definition) is 7. The van der Waals surface area contributed by atoms with Gasteiger partial charge in [0.05, 0.1) is 19.9 Å². The number of benzene rings is 1. The first kappa shape index (κ1) is 18.7. The molecule has 5 rings (SSSR count). The highest BCUT2D eigenvalue weighted by Gasteiger charge is 2.10. The van der Waals surface area contributed by atoms with Crippen LogP contribution in [0.3, 0.4) is 0 Å². The van der Waals surface area contributed by atoms with Gasteiger partial charge in [-0.25, -0.2) is 15.1 Å². The molecule has 5 aromatic rings. The summed E-state index contributed by atoms with van der Waals surface area (Å²) in [5.74, 6) is 1.04. The van der Waals surface area contributed by atoms with Crippen LogP contribution in [0.5, 0.6) is 5.88 Å². The minimum atomic E-state index is 0.438. The van der Waals surface area contributed by atoms with E-state index < -0.39 is 0 Å². The van der Waals surface area contributed by atoms with Crippen LogP contribution in [0.15, 0.2) is 61.1 Å². The van der Waals surface area contributed by atoms with Gasteiger partial charge in [-0.15, -0.1) is 5.10 Å². The molecule has 0 fully saturated rings. The van der Waals surface area contributed by atoms with E-state index in [1.54, 1.807) is 7.11 Å². The Bertz CT molecular complexity index is 1320. The van der Waals surface area contributed by atoms with E-state index in [1.165, 1.54) is 0 Å². The van der Waals surface area contributed by atoms with Gasteiger partial charge in [0.15, 0.2) is 5.65 Å². The standard InChI is InChI=1S/C22H20N8O/c1-31-20-7-6-17(11-24-20)16-4-2-14(3-5-16)12-30-13-15(10-25-30)8-18-9-19(23)26-22-21(18)27-29-28-22/h2-7,9-11,13H,8,12H2,1H3,(H3,23,26,27,28,29). The normalized spacial score (nSPS) is 11.1. The maximum Gasteiger partial charge on any atom is 0.212 e. The van der Waals surface area contributed by atoms with E-state index in [4.69, 9.17) is 10.5 Å². The maximum atomic E-state index is 5.90. The molecule has 9 heteroatoms. The van der Waals surface area contributed by atoms with Gasteiger partial charge in [0.25, 0.3) is 0 Å². The molecule has 0 amide bonds. The van der Waals surface area contributed by atoms with Crippen molar-refractivity contribution in [3.8, 4) is 17.0 Å². The zero-order valence-electron chi connectivity index (χ0n) is 16.9. The van der Waals surface area contributed by atoms with Gasteiger partial charge in [0.1, 0.15) is 11.3 Å². The Balaban J connectivity index is 1.29. The molecule has 0 bridgehead atoms. The summed E-state index contributed by atoms with van der Waals surface area (Å²) in [7, 11) is 1.61. The maximum absolute atomic E-state index is 5.90. The number of aromatic amines is 1. The van der Waals surface area contributed by atoms with E-state index in [9.17, 15) is 0 Å². The van der Waals surface area contributed by atoms with Gasteiger partial charge in [-0.2, -0.15) is 5.10 Å². The topological polar surface area (TPSA) is 120 Å². The van der Waals surface area contributed by atoms with Gasteiger partial charge >= 0.3 is 0 Å². The van der Waals surface area contributed by atoms with Gasteiger partial charge in [0, 0.05) is 30.4 Å². The van der Waals surface area contributed by atoms with E-state index in [0.717, 1.165) is 33.3 Å². The van der Waals surface area contributed by atoms with Crippen LogP contribution in [0.25, 0.3) is 22.3 Å². The Morgan fingerprint density at radius 3 is 2.65 bits per heavy atom. The number of nitrogens with zero attached hydrogens (tertiary/aromatic N) is 6. The lowest BCUT2D eigenvalue weighted by atomic mass is 10.1. The second-order valence-corrected chi connectivity index (χ2v) is 7.22. The number of rotatable bonds is 6. The molecule has 1 aromatic carbocycles. The van der Waals surface area contributed by atoms with Crippen LogP contribution in [-0.2, 0) is 13.0 Å². The number of nitrogens with one attached hydrogen (secondary N) is 1. The molecular formula is C22H20N8O. The Hall–Kier alpha value is -4.27. The third-order valence-electron chi connectivity index (χ3n) is 5.06. The molecule has 0 saturated heterocycles. The highest BCUT2D eigenvalue weighted by Crippen LogP contribution is 2.22. The number of pyridine rings is 2. The smallest absolute Gasteiger partial charge is 0.212 e. The highest BCUT2D eigenvalue weighted by molar-refractivity contribution is 5.76. The molecule has 0 saturated carbocycles. The number of fused-ring (bicyclic) bond motifs is 1. The number of methoxy groups -OCH3 is 1. The summed E-state index contributed by atoms with van der Waals surface area (Å²) in [6.45, 7) is 0.680. The zero-order chi connectivity index (χ0) is 21.2. The first-order valence-electron chi connectivity index (χ1n) is 9.75. The lowest BCUT2D eigenvalue weighted by molar-refractivity contribution is 0.398. The summed E-state index contributed by atoms with van der Waals surface area (Å²) in [6, 6.07) is 14.1. The minimum absolute atomic E-state index is 0.438. The molecule has 0 aliphatic rings. The van der Waals surface area contributed by atoms with E-state index in [1.807, 2.05) is 41.5 Å². The van der Waals surface area contributed by atoms with Crippen molar-refractivity contribution < 1.29 is 4.74 Å². The summed E-state index contributed by atoms with van der Waals surface area (Å²) in [5, 5.41) is 15.2.